The summed E-state index contributed by atoms with van der Waals surface area (Å²) in [5.41, 5.74) is -0.992. The number of rotatable bonds is 5. The Bertz CT molecular complexity index is 440. The second-order valence-corrected chi connectivity index (χ2v) is 5.07. The number of hydrogen-bond donors (Lipinski definition) is 0. The molecule has 1 atom stereocenters. The molecule has 0 radical (unpaired) electrons. The first kappa shape index (κ1) is 15.7. The van der Waals surface area contributed by atoms with Crippen LogP contribution in [0.4, 0.5) is 13.2 Å². The molecule has 0 aliphatic rings. The minimum absolute atomic E-state index is 0.00776. The maximum Gasteiger partial charge on any atom is 0.433 e. The van der Waals surface area contributed by atoms with E-state index in [-0.39, 0.29) is 23.4 Å². The van der Waals surface area contributed by atoms with Crippen molar-refractivity contribution < 1.29 is 22.7 Å². The lowest BCUT2D eigenvalue weighted by atomic mass is 10.3. The molecular weight excluding hydrogens is 281 g/mol. The average Bonchev–Trinajstić information content (AvgIpc) is 2.28. The van der Waals surface area contributed by atoms with Crippen molar-refractivity contribution in [1.29, 1.82) is 0 Å². The van der Waals surface area contributed by atoms with Crippen molar-refractivity contribution in [1.82, 2.24) is 9.97 Å². The maximum atomic E-state index is 12.4. The molecule has 0 N–H and O–H groups in total. The molecule has 8 heteroatoms. The smallest absolute Gasteiger partial charge is 0.433 e. The number of esters is 1. The van der Waals surface area contributed by atoms with Crippen LogP contribution in [0, 0.1) is 0 Å². The number of carbonyl (C=O) groups is 1. The number of aromatic nitrogens is 2. The number of halogens is 3. The van der Waals surface area contributed by atoms with Gasteiger partial charge in [0.25, 0.3) is 0 Å². The van der Waals surface area contributed by atoms with E-state index in [1.165, 1.54) is 0 Å². The van der Waals surface area contributed by atoms with Crippen LogP contribution in [0.3, 0.4) is 0 Å². The summed E-state index contributed by atoms with van der Waals surface area (Å²) in [4.78, 5) is 18.4. The fraction of sp³-hybridized carbons (Fsp3) is 0.545. The summed E-state index contributed by atoms with van der Waals surface area (Å²) in [6.45, 7) is 3.66. The van der Waals surface area contributed by atoms with Crippen molar-refractivity contribution in [2.75, 3.05) is 6.61 Å². The van der Waals surface area contributed by atoms with Crippen LogP contribution in [-0.4, -0.2) is 27.8 Å². The molecule has 0 aliphatic heterocycles. The zero-order chi connectivity index (χ0) is 14.5. The van der Waals surface area contributed by atoms with Gasteiger partial charge >= 0.3 is 12.1 Å². The van der Waals surface area contributed by atoms with E-state index in [2.05, 4.69) is 9.97 Å². The largest absolute Gasteiger partial charge is 0.466 e. The van der Waals surface area contributed by atoms with Crippen LogP contribution >= 0.6 is 11.8 Å². The molecule has 1 aromatic rings. The number of alkyl halides is 3. The Hall–Kier alpha value is -1.31. The number of hydrogen-bond acceptors (Lipinski definition) is 5. The van der Waals surface area contributed by atoms with Crippen molar-refractivity contribution in [2.24, 2.45) is 0 Å². The van der Waals surface area contributed by atoms with Crippen molar-refractivity contribution in [3.63, 3.8) is 0 Å². The molecule has 19 heavy (non-hydrogen) atoms. The molecule has 0 saturated carbocycles. The van der Waals surface area contributed by atoms with Crippen LogP contribution < -0.4 is 0 Å². The second kappa shape index (κ2) is 6.74. The van der Waals surface area contributed by atoms with Crippen molar-refractivity contribution >= 4 is 17.7 Å². The number of ether oxygens (including phenoxy) is 1. The summed E-state index contributed by atoms with van der Waals surface area (Å²) in [6, 6.07) is 0.806. The number of thioether (sulfide) groups is 1. The van der Waals surface area contributed by atoms with E-state index in [0.717, 1.165) is 24.0 Å². The summed E-state index contributed by atoms with van der Waals surface area (Å²) < 4.78 is 42.1. The maximum absolute atomic E-state index is 12.4. The van der Waals surface area contributed by atoms with Crippen LogP contribution in [0.25, 0.3) is 0 Å². The molecule has 0 bridgehead atoms. The molecule has 1 rings (SSSR count). The second-order valence-electron chi connectivity index (χ2n) is 3.66. The molecular formula is C11H13F3N2O2S. The quantitative estimate of drug-likeness (QED) is 0.475. The minimum atomic E-state index is -4.50. The monoisotopic (exact) mass is 294 g/mol. The van der Waals surface area contributed by atoms with Crippen molar-refractivity contribution in [3.05, 3.63) is 18.0 Å². The Morgan fingerprint density at radius 3 is 2.79 bits per heavy atom. The van der Waals surface area contributed by atoms with E-state index in [4.69, 9.17) is 4.74 Å². The molecule has 4 nitrogen and oxygen atoms in total. The first-order valence-corrected chi connectivity index (χ1v) is 6.43. The number of carbonyl (C=O) groups excluding carboxylic acids is 1. The molecule has 1 heterocycles. The van der Waals surface area contributed by atoms with Crippen LogP contribution in [0.5, 0.6) is 0 Å². The van der Waals surface area contributed by atoms with E-state index in [0.29, 0.717) is 0 Å². The predicted molar refractivity (Wildman–Crippen MR) is 63.6 cm³/mol. The van der Waals surface area contributed by atoms with Gasteiger partial charge in [-0.05, 0) is 13.0 Å². The highest BCUT2D eigenvalue weighted by Crippen LogP contribution is 2.29. The Kier molecular flexibility index (Phi) is 5.59. The van der Waals surface area contributed by atoms with E-state index in [1.54, 1.807) is 13.8 Å². The summed E-state index contributed by atoms with van der Waals surface area (Å²) in [7, 11) is 0. The highest BCUT2D eigenvalue weighted by atomic mass is 32.2. The third-order valence-electron chi connectivity index (χ3n) is 1.99. The molecule has 0 fully saturated rings. The Morgan fingerprint density at radius 1 is 1.53 bits per heavy atom. The fourth-order valence-corrected chi connectivity index (χ4v) is 2.08. The van der Waals surface area contributed by atoms with Crippen LogP contribution in [-0.2, 0) is 15.7 Å². The van der Waals surface area contributed by atoms with E-state index in [1.807, 2.05) is 0 Å². The third-order valence-corrected chi connectivity index (χ3v) is 2.97. The van der Waals surface area contributed by atoms with E-state index in [9.17, 15) is 18.0 Å². The lowest BCUT2D eigenvalue weighted by molar-refractivity contribution is -0.143. The summed E-state index contributed by atoms with van der Waals surface area (Å²) in [5.74, 6) is -0.394. The molecule has 0 spiro atoms. The van der Waals surface area contributed by atoms with Crippen molar-refractivity contribution in [3.8, 4) is 0 Å². The average molecular weight is 294 g/mol. The van der Waals surface area contributed by atoms with Gasteiger partial charge in [0.05, 0.1) is 13.0 Å². The standard InChI is InChI=1S/C11H13F3N2O2S/c1-3-18-9(17)6-7(2)19-10-15-5-4-8(16-10)11(12,13)14/h4-5,7H,3,6H2,1-2H3/t7-/m1/s1. The molecule has 1 aromatic heterocycles. The van der Waals surface area contributed by atoms with Gasteiger partial charge in [-0.15, -0.1) is 0 Å². The Balaban J connectivity index is 2.64. The van der Waals surface area contributed by atoms with Crippen molar-refractivity contribution in [2.45, 2.75) is 36.9 Å². The van der Waals surface area contributed by atoms with Crippen LogP contribution in [0.15, 0.2) is 17.4 Å². The van der Waals surface area contributed by atoms with Gasteiger partial charge in [-0.2, -0.15) is 13.2 Å². The molecule has 0 saturated heterocycles. The highest BCUT2D eigenvalue weighted by molar-refractivity contribution is 7.99. The number of nitrogens with zero attached hydrogens (tertiary/aromatic N) is 2. The molecule has 0 aliphatic carbocycles. The molecule has 0 aromatic carbocycles. The van der Waals surface area contributed by atoms with E-state index < -0.39 is 17.8 Å². The zero-order valence-corrected chi connectivity index (χ0v) is 11.2. The summed E-state index contributed by atoms with van der Waals surface area (Å²) >= 11 is 1.00. The van der Waals surface area contributed by atoms with Gasteiger partial charge in [0.1, 0.15) is 5.69 Å². The van der Waals surface area contributed by atoms with Gasteiger partial charge in [0.2, 0.25) is 0 Å². The van der Waals surface area contributed by atoms with Gasteiger partial charge in [0, 0.05) is 11.4 Å². The fourth-order valence-electron chi connectivity index (χ4n) is 1.23. The first-order chi connectivity index (χ1) is 8.82. The zero-order valence-electron chi connectivity index (χ0n) is 10.4. The van der Waals surface area contributed by atoms with Gasteiger partial charge in [0.15, 0.2) is 5.16 Å². The topological polar surface area (TPSA) is 52.1 Å². The van der Waals surface area contributed by atoms with Gasteiger partial charge in [-0.3, -0.25) is 4.79 Å². The van der Waals surface area contributed by atoms with Crippen LogP contribution in [0.2, 0.25) is 0 Å². The lowest BCUT2D eigenvalue weighted by Crippen LogP contribution is -2.12. The van der Waals surface area contributed by atoms with Gasteiger partial charge in [-0.25, -0.2) is 9.97 Å². The highest BCUT2D eigenvalue weighted by Gasteiger charge is 2.32. The Morgan fingerprint density at radius 2 is 2.21 bits per heavy atom. The molecule has 0 amide bonds. The van der Waals surface area contributed by atoms with Gasteiger partial charge in [-0.1, -0.05) is 18.7 Å². The first-order valence-electron chi connectivity index (χ1n) is 5.55. The SMILES string of the molecule is CCOC(=O)C[C@@H](C)Sc1nccc(C(F)(F)F)n1. The van der Waals surface area contributed by atoms with Crippen LogP contribution in [0.1, 0.15) is 26.0 Å². The normalized spacial score (nSPS) is 13.1. The Labute approximate surface area is 112 Å². The summed E-state index contributed by atoms with van der Waals surface area (Å²) in [6.07, 6.45) is -3.35. The minimum Gasteiger partial charge on any atom is -0.466 e. The molecule has 0 unspecified atom stereocenters. The molecule has 106 valence electrons. The van der Waals surface area contributed by atoms with Gasteiger partial charge < -0.3 is 4.74 Å². The summed E-state index contributed by atoms with van der Waals surface area (Å²) in [5, 5.41) is -0.269. The van der Waals surface area contributed by atoms with E-state index >= 15 is 0 Å². The predicted octanol–water partition coefficient (Wildman–Crippen LogP) is 2.93. The third kappa shape index (κ3) is 5.46. The lowest BCUT2D eigenvalue weighted by Gasteiger charge is -2.10.